The van der Waals surface area contributed by atoms with Gasteiger partial charge in [-0.3, -0.25) is 0 Å². The Kier molecular flexibility index (Phi) is 5.87. The van der Waals surface area contributed by atoms with E-state index in [1.54, 1.807) is 24.3 Å². The number of phenols is 3. The van der Waals surface area contributed by atoms with E-state index >= 15 is 0 Å². The first-order valence-electron chi connectivity index (χ1n) is 8.65. The van der Waals surface area contributed by atoms with Crippen molar-refractivity contribution in [2.24, 2.45) is 0 Å². The van der Waals surface area contributed by atoms with Crippen molar-refractivity contribution in [2.45, 2.75) is 30.5 Å². The molecule has 1 aliphatic heterocycles. The topological polar surface area (TPSA) is 151 Å². The molecule has 7 N–H and O–H groups in total. The van der Waals surface area contributed by atoms with Crippen LogP contribution in [0.3, 0.4) is 0 Å². The molecule has 0 unspecified atom stereocenters. The quantitative estimate of drug-likeness (QED) is 0.373. The van der Waals surface area contributed by atoms with Gasteiger partial charge in [-0.15, -0.1) is 0 Å². The second-order valence-electron chi connectivity index (χ2n) is 6.64. The molecular weight excluding hydrogens is 368 g/mol. The molecule has 1 heterocycles. The predicted octanol–water partition coefficient (Wildman–Crippen LogP) is 0.489. The molecule has 28 heavy (non-hydrogen) atoms. The Morgan fingerprint density at radius 2 is 1.50 bits per heavy atom. The van der Waals surface area contributed by atoms with Gasteiger partial charge in [-0.1, -0.05) is 24.3 Å². The summed E-state index contributed by atoms with van der Waals surface area (Å²) in [4.78, 5) is 0. The van der Waals surface area contributed by atoms with Crippen molar-refractivity contribution in [1.82, 2.24) is 0 Å². The molecule has 2 aromatic rings. The number of rotatable bonds is 4. The number of hydrogen-bond donors (Lipinski definition) is 7. The van der Waals surface area contributed by atoms with Crippen molar-refractivity contribution in [3.05, 3.63) is 53.1 Å². The lowest BCUT2D eigenvalue weighted by atomic mass is 9.88. The summed E-state index contributed by atoms with van der Waals surface area (Å²) >= 11 is 0. The van der Waals surface area contributed by atoms with E-state index in [-0.39, 0.29) is 22.8 Å². The first-order chi connectivity index (χ1) is 13.3. The van der Waals surface area contributed by atoms with Gasteiger partial charge in [0.05, 0.1) is 6.61 Å². The van der Waals surface area contributed by atoms with E-state index in [4.69, 9.17) is 4.74 Å². The molecule has 1 saturated heterocycles. The smallest absolute Gasteiger partial charge is 0.125 e. The highest BCUT2D eigenvalue weighted by Gasteiger charge is 2.45. The Bertz CT molecular complexity index is 846. The van der Waals surface area contributed by atoms with Crippen LogP contribution < -0.4 is 0 Å². The van der Waals surface area contributed by atoms with Gasteiger partial charge in [0, 0.05) is 11.6 Å². The van der Waals surface area contributed by atoms with Gasteiger partial charge in [-0.05, 0) is 29.3 Å². The zero-order valence-electron chi connectivity index (χ0n) is 14.8. The normalized spacial score (nSPS) is 27.9. The first kappa shape index (κ1) is 20.1. The van der Waals surface area contributed by atoms with E-state index in [1.165, 1.54) is 18.2 Å². The van der Waals surface area contributed by atoms with Crippen LogP contribution in [0.5, 0.6) is 17.2 Å². The Morgan fingerprint density at radius 1 is 0.821 bits per heavy atom. The molecule has 3 rings (SSSR count). The predicted molar refractivity (Wildman–Crippen MR) is 99.5 cm³/mol. The number of benzene rings is 2. The van der Waals surface area contributed by atoms with Crippen LogP contribution in [0.1, 0.15) is 22.8 Å². The summed E-state index contributed by atoms with van der Waals surface area (Å²) in [5, 5.41) is 69.3. The summed E-state index contributed by atoms with van der Waals surface area (Å²) in [7, 11) is 0. The van der Waals surface area contributed by atoms with Crippen LogP contribution in [0.25, 0.3) is 12.2 Å². The van der Waals surface area contributed by atoms with E-state index in [0.29, 0.717) is 5.56 Å². The van der Waals surface area contributed by atoms with Crippen LogP contribution in [0, 0.1) is 0 Å². The number of ether oxygens (including phenoxy) is 1. The van der Waals surface area contributed by atoms with Gasteiger partial charge in [0.2, 0.25) is 0 Å². The fourth-order valence-electron chi connectivity index (χ4n) is 3.20. The van der Waals surface area contributed by atoms with Gasteiger partial charge >= 0.3 is 0 Å². The van der Waals surface area contributed by atoms with Crippen LogP contribution in [-0.2, 0) is 4.74 Å². The molecule has 0 aliphatic carbocycles. The monoisotopic (exact) mass is 390 g/mol. The lowest BCUT2D eigenvalue weighted by Crippen LogP contribution is -2.55. The van der Waals surface area contributed by atoms with Gasteiger partial charge in [0.1, 0.15) is 47.8 Å². The number of phenolic OH excluding ortho intramolecular Hbond substituents is 3. The van der Waals surface area contributed by atoms with Crippen LogP contribution in [0.15, 0.2) is 36.4 Å². The zero-order chi connectivity index (χ0) is 20.4. The Morgan fingerprint density at radius 3 is 2.14 bits per heavy atom. The standard InChI is InChI=1S/C20H22O8/c21-9-15-17(25)18(26)19(27)20(28-15)16-11(7-13(23)8-14(16)24)4-1-10-2-5-12(22)6-3-10/h1-8,15,17-27H,9H2/t15-,17-,18+,19-,20+/m1/s1. The summed E-state index contributed by atoms with van der Waals surface area (Å²) in [5.41, 5.74) is 1.11. The summed E-state index contributed by atoms with van der Waals surface area (Å²) in [6.45, 7) is -0.598. The summed E-state index contributed by atoms with van der Waals surface area (Å²) < 4.78 is 5.53. The van der Waals surface area contributed by atoms with E-state index in [2.05, 4.69) is 0 Å². The molecule has 0 bridgehead atoms. The lowest BCUT2D eigenvalue weighted by Gasteiger charge is -2.40. The van der Waals surface area contributed by atoms with Gasteiger partial charge in [0.25, 0.3) is 0 Å². The number of aromatic hydroxyl groups is 3. The fourth-order valence-corrected chi connectivity index (χ4v) is 3.20. The fraction of sp³-hybridized carbons (Fsp3) is 0.300. The third-order valence-electron chi connectivity index (χ3n) is 4.70. The highest BCUT2D eigenvalue weighted by atomic mass is 16.5. The summed E-state index contributed by atoms with van der Waals surface area (Å²) in [6, 6.07) is 8.71. The Labute approximate surface area is 160 Å². The van der Waals surface area contributed by atoms with Crippen molar-refractivity contribution in [1.29, 1.82) is 0 Å². The summed E-state index contributed by atoms with van der Waals surface area (Å²) in [6.07, 6.45) is -3.87. The minimum absolute atomic E-state index is 0.0877. The van der Waals surface area contributed by atoms with Gasteiger partial charge in [0.15, 0.2) is 0 Å². The highest BCUT2D eigenvalue weighted by molar-refractivity contribution is 5.74. The molecule has 0 saturated carbocycles. The van der Waals surface area contributed by atoms with Crippen molar-refractivity contribution in [2.75, 3.05) is 6.61 Å². The molecular formula is C20H22O8. The maximum absolute atomic E-state index is 10.4. The summed E-state index contributed by atoms with van der Waals surface area (Å²) in [5.74, 6) is -0.500. The van der Waals surface area contributed by atoms with Gasteiger partial charge < -0.3 is 40.5 Å². The molecule has 0 spiro atoms. The first-order valence-corrected chi connectivity index (χ1v) is 8.65. The second-order valence-corrected chi connectivity index (χ2v) is 6.64. The third-order valence-corrected chi connectivity index (χ3v) is 4.70. The largest absolute Gasteiger partial charge is 0.508 e. The average Bonchev–Trinajstić information content (AvgIpc) is 2.66. The Balaban J connectivity index is 2.01. The van der Waals surface area contributed by atoms with E-state index in [1.807, 2.05) is 0 Å². The van der Waals surface area contributed by atoms with Gasteiger partial charge in [-0.2, -0.15) is 0 Å². The van der Waals surface area contributed by atoms with Gasteiger partial charge in [-0.25, -0.2) is 0 Å². The molecule has 0 aromatic heterocycles. The van der Waals surface area contributed by atoms with E-state index < -0.39 is 37.1 Å². The molecule has 5 atom stereocenters. The molecule has 0 radical (unpaired) electrons. The SMILES string of the molecule is OC[C@H]1O[C@@H](c2c(O)cc(O)cc2C=Cc2ccc(O)cc2)[C@H](O)[C@@H](O)[C@@H]1O. The number of hydrogen-bond acceptors (Lipinski definition) is 8. The van der Waals surface area contributed by atoms with Crippen molar-refractivity contribution in [3.8, 4) is 17.2 Å². The molecule has 2 aromatic carbocycles. The third kappa shape index (κ3) is 3.96. The zero-order valence-corrected chi connectivity index (χ0v) is 14.8. The molecule has 1 fully saturated rings. The number of aliphatic hydroxyl groups is 4. The maximum Gasteiger partial charge on any atom is 0.125 e. The Hall–Kier alpha value is -2.62. The highest BCUT2D eigenvalue weighted by Crippen LogP contribution is 2.41. The molecule has 1 aliphatic rings. The number of aliphatic hydroxyl groups excluding tert-OH is 4. The molecule has 0 amide bonds. The second kappa shape index (κ2) is 8.17. The van der Waals surface area contributed by atoms with E-state index in [0.717, 1.165) is 11.6 Å². The minimum Gasteiger partial charge on any atom is -0.508 e. The van der Waals surface area contributed by atoms with Crippen LogP contribution >= 0.6 is 0 Å². The average molecular weight is 390 g/mol. The van der Waals surface area contributed by atoms with E-state index in [9.17, 15) is 35.7 Å². The van der Waals surface area contributed by atoms with Crippen molar-refractivity contribution >= 4 is 12.2 Å². The van der Waals surface area contributed by atoms with Crippen LogP contribution in [-0.4, -0.2) is 66.8 Å². The molecule has 150 valence electrons. The maximum atomic E-state index is 10.4. The van der Waals surface area contributed by atoms with Crippen LogP contribution in [0.4, 0.5) is 0 Å². The molecule has 8 heteroatoms. The lowest BCUT2D eigenvalue weighted by molar-refractivity contribution is -0.232. The van der Waals surface area contributed by atoms with Crippen molar-refractivity contribution in [3.63, 3.8) is 0 Å². The molecule has 8 nitrogen and oxygen atoms in total. The van der Waals surface area contributed by atoms with Crippen LogP contribution in [0.2, 0.25) is 0 Å². The minimum atomic E-state index is -1.60. The van der Waals surface area contributed by atoms with Crippen molar-refractivity contribution < 1.29 is 40.5 Å².